The van der Waals surface area contributed by atoms with Gasteiger partial charge in [-0.25, -0.2) is 0 Å². The summed E-state index contributed by atoms with van der Waals surface area (Å²) >= 11 is 0. The van der Waals surface area contributed by atoms with E-state index in [1.807, 2.05) is 35.2 Å². The second-order valence-corrected chi connectivity index (χ2v) is 5.39. The molecule has 4 heteroatoms. The second-order valence-electron chi connectivity index (χ2n) is 5.39. The molecule has 1 N–H and O–H groups in total. The van der Waals surface area contributed by atoms with Crippen molar-refractivity contribution in [3.05, 3.63) is 42.5 Å². The summed E-state index contributed by atoms with van der Waals surface area (Å²) in [6.45, 7) is 2.02. The minimum atomic E-state index is -0.724. The number of ether oxygens (including phenoxy) is 1. The van der Waals surface area contributed by atoms with E-state index in [0.717, 1.165) is 30.5 Å². The lowest BCUT2D eigenvalue weighted by Crippen LogP contribution is -2.38. The summed E-state index contributed by atoms with van der Waals surface area (Å²) in [4.78, 5) is 13.1. The van der Waals surface area contributed by atoms with E-state index in [2.05, 4.69) is 12.1 Å². The molecule has 1 saturated heterocycles. The molecule has 0 amide bonds. The van der Waals surface area contributed by atoms with E-state index < -0.39 is 5.97 Å². The maximum absolute atomic E-state index is 11.1. The molecule has 0 saturated carbocycles. The highest BCUT2D eigenvalue weighted by molar-refractivity contribution is 5.83. The van der Waals surface area contributed by atoms with Crippen molar-refractivity contribution in [1.29, 1.82) is 0 Å². The van der Waals surface area contributed by atoms with Crippen LogP contribution in [0.5, 0.6) is 5.75 Å². The molecule has 2 aromatic rings. The first-order valence-corrected chi connectivity index (χ1v) is 7.32. The maximum atomic E-state index is 11.1. The number of aliphatic carboxylic acids is 1. The standard InChI is InChI=1S/C17H19NO3/c19-17(20)16-6-3-9-18(16)10-11-21-15-8-7-13-4-1-2-5-14(13)12-15/h1-2,4-5,7-8,12,16H,3,6,9-11H2,(H,19,20). The molecule has 4 nitrogen and oxygen atoms in total. The summed E-state index contributed by atoms with van der Waals surface area (Å²) in [5.41, 5.74) is 0. The Balaban J connectivity index is 1.58. The van der Waals surface area contributed by atoms with Gasteiger partial charge in [-0.2, -0.15) is 0 Å². The molecule has 1 fully saturated rings. The number of carboxylic acids is 1. The zero-order valence-electron chi connectivity index (χ0n) is 11.9. The van der Waals surface area contributed by atoms with Gasteiger partial charge in [0.05, 0.1) is 0 Å². The van der Waals surface area contributed by atoms with Crippen LogP contribution in [0.25, 0.3) is 10.8 Å². The Morgan fingerprint density at radius 2 is 2.05 bits per heavy atom. The lowest BCUT2D eigenvalue weighted by Gasteiger charge is -2.20. The largest absolute Gasteiger partial charge is 0.492 e. The van der Waals surface area contributed by atoms with Crippen molar-refractivity contribution in [2.45, 2.75) is 18.9 Å². The van der Waals surface area contributed by atoms with E-state index in [-0.39, 0.29) is 6.04 Å². The monoisotopic (exact) mass is 285 g/mol. The lowest BCUT2D eigenvalue weighted by atomic mass is 10.1. The van der Waals surface area contributed by atoms with Gasteiger partial charge in [-0.3, -0.25) is 9.69 Å². The Hall–Kier alpha value is -2.07. The Morgan fingerprint density at radius 1 is 1.24 bits per heavy atom. The first-order chi connectivity index (χ1) is 10.2. The van der Waals surface area contributed by atoms with Crippen LogP contribution in [0.4, 0.5) is 0 Å². The zero-order valence-corrected chi connectivity index (χ0v) is 11.9. The van der Waals surface area contributed by atoms with Crippen molar-refractivity contribution in [3.63, 3.8) is 0 Å². The quantitative estimate of drug-likeness (QED) is 0.917. The van der Waals surface area contributed by atoms with Crippen LogP contribution in [0.1, 0.15) is 12.8 Å². The Morgan fingerprint density at radius 3 is 2.86 bits per heavy atom. The maximum Gasteiger partial charge on any atom is 0.320 e. The van der Waals surface area contributed by atoms with Crippen LogP contribution in [0.15, 0.2) is 42.5 Å². The number of fused-ring (bicyclic) bond motifs is 1. The van der Waals surface area contributed by atoms with E-state index in [0.29, 0.717) is 13.2 Å². The molecule has 1 unspecified atom stereocenters. The van der Waals surface area contributed by atoms with Crippen molar-refractivity contribution in [2.24, 2.45) is 0 Å². The highest BCUT2D eigenvalue weighted by Crippen LogP contribution is 2.21. The molecule has 1 aliphatic rings. The van der Waals surface area contributed by atoms with Gasteiger partial charge in [0.2, 0.25) is 0 Å². The van der Waals surface area contributed by atoms with E-state index in [4.69, 9.17) is 9.84 Å². The SMILES string of the molecule is O=C(O)C1CCCN1CCOc1ccc2ccccc2c1. The van der Waals surface area contributed by atoms with Gasteiger partial charge in [0.25, 0.3) is 0 Å². The Kier molecular flexibility index (Phi) is 4.06. The van der Waals surface area contributed by atoms with E-state index in [1.54, 1.807) is 0 Å². The number of nitrogens with zero attached hydrogens (tertiary/aromatic N) is 1. The molecule has 3 rings (SSSR count). The summed E-state index contributed by atoms with van der Waals surface area (Å²) in [7, 11) is 0. The molecule has 1 heterocycles. The molecule has 0 aromatic heterocycles. The first kappa shape index (κ1) is 13.9. The van der Waals surface area contributed by atoms with Gasteiger partial charge >= 0.3 is 5.97 Å². The average Bonchev–Trinajstić information content (AvgIpc) is 2.96. The number of rotatable bonds is 5. The minimum absolute atomic E-state index is 0.342. The lowest BCUT2D eigenvalue weighted by molar-refractivity contribution is -0.142. The number of carbonyl (C=O) groups is 1. The molecular weight excluding hydrogens is 266 g/mol. The number of hydrogen-bond acceptors (Lipinski definition) is 3. The van der Waals surface area contributed by atoms with Gasteiger partial charge in [-0.1, -0.05) is 30.3 Å². The highest BCUT2D eigenvalue weighted by Gasteiger charge is 2.29. The number of benzene rings is 2. The first-order valence-electron chi connectivity index (χ1n) is 7.32. The number of likely N-dealkylation sites (tertiary alicyclic amines) is 1. The molecule has 110 valence electrons. The van der Waals surface area contributed by atoms with Crippen molar-refractivity contribution < 1.29 is 14.6 Å². The van der Waals surface area contributed by atoms with Crippen LogP contribution in [0.3, 0.4) is 0 Å². The molecule has 0 spiro atoms. The van der Waals surface area contributed by atoms with Crippen LogP contribution >= 0.6 is 0 Å². The topological polar surface area (TPSA) is 49.8 Å². The van der Waals surface area contributed by atoms with Gasteiger partial charge < -0.3 is 9.84 Å². The molecule has 1 aliphatic heterocycles. The molecule has 0 bridgehead atoms. The van der Waals surface area contributed by atoms with E-state index in [1.165, 1.54) is 5.39 Å². The van der Waals surface area contributed by atoms with Crippen LogP contribution in [-0.2, 0) is 4.79 Å². The Labute approximate surface area is 123 Å². The van der Waals surface area contributed by atoms with Gasteiger partial charge in [0, 0.05) is 6.54 Å². The summed E-state index contributed by atoms with van der Waals surface area (Å²) < 4.78 is 5.77. The third-order valence-electron chi connectivity index (χ3n) is 4.02. The van der Waals surface area contributed by atoms with Gasteiger partial charge in [0.1, 0.15) is 18.4 Å². The van der Waals surface area contributed by atoms with Crippen LogP contribution in [-0.4, -0.2) is 41.7 Å². The van der Waals surface area contributed by atoms with Crippen molar-refractivity contribution >= 4 is 16.7 Å². The predicted molar refractivity (Wildman–Crippen MR) is 81.7 cm³/mol. The molecule has 2 aromatic carbocycles. The van der Waals surface area contributed by atoms with E-state index in [9.17, 15) is 4.79 Å². The molecule has 1 atom stereocenters. The second kappa shape index (κ2) is 6.14. The van der Waals surface area contributed by atoms with Crippen molar-refractivity contribution in [1.82, 2.24) is 4.90 Å². The normalized spacial score (nSPS) is 19.0. The smallest absolute Gasteiger partial charge is 0.320 e. The zero-order chi connectivity index (χ0) is 14.7. The third-order valence-corrected chi connectivity index (χ3v) is 4.02. The molecule has 21 heavy (non-hydrogen) atoms. The Bertz CT molecular complexity index is 641. The number of carboxylic acid groups (broad SMARTS) is 1. The fourth-order valence-electron chi connectivity index (χ4n) is 2.91. The average molecular weight is 285 g/mol. The van der Waals surface area contributed by atoms with Crippen LogP contribution in [0.2, 0.25) is 0 Å². The predicted octanol–water partition coefficient (Wildman–Crippen LogP) is 2.77. The summed E-state index contributed by atoms with van der Waals surface area (Å²) in [5, 5.41) is 11.5. The van der Waals surface area contributed by atoms with Crippen molar-refractivity contribution in [2.75, 3.05) is 19.7 Å². The molecular formula is C17H19NO3. The third kappa shape index (κ3) is 3.16. The highest BCUT2D eigenvalue weighted by atomic mass is 16.5. The fourth-order valence-corrected chi connectivity index (χ4v) is 2.91. The van der Waals surface area contributed by atoms with Crippen LogP contribution in [0, 0.1) is 0 Å². The molecule has 0 aliphatic carbocycles. The van der Waals surface area contributed by atoms with Gasteiger partial charge in [0.15, 0.2) is 0 Å². The van der Waals surface area contributed by atoms with Gasteiger partial charge in [-0.05, 0) is 42.3 Å². The fraction of sp³-hybridized carbons (Fsp3) is 0.353. The van der Waals surface area contributed by atoms with E-state index >= 15 is 0 Å². The molecule has 0 radical (unpaired) electrons. The van der Waals surface area contributed by atoms with Crippen molar-refractivity contribution in [3.8, 4) is 5.75 Å². The summed E-state index contributed by atoms with van der Waals surface area (Å²) in [5.74, 6) is 0.109. The van der Waals surface area contributed by atoms with Gasteiger partial charge in [-0.15, -0.1) is 0 Å². The van der Waals surface area contributed by atoms with Crippen LogP contribution < -0.4 is 4.74 Å². The minimum Gasteiger partial charge on any atom is -0.492 e. The summed E-state index contributed by atoms with van der Waals surface area (Å²) in [6, 6.07) is 13.8. The summed E-state index contributed by atoms with van der Waals surface area (Å²) in [6.07, 6.45) is 1.69. The number of hydrogen-bond donors (Lipinski definition) is 1.